The summed E-state index contributed by atoms with van der Waals surface area (Å²) in [5.74, 6) is -1.41. The van der Waals surface area contributed by atoms with Gasteiger partial charge in [0.25, 0.3) is 0 Å². The van der Waals surface area contributed by atoms with Crippen LogP contribution >= 0.6 is 0 Å². The molecule has 1 unspecified atom stereocenters. The largest absolute Gasteiger partial charge is 0.480 e. The van der Waals surface area contributed by atoms with Crippen LogP contribution in [-0.2, 0) is 14.3 Å². The number of carbonyl (C=O) groups excluding carboxylic acids is 1. The zero-order chi connectivity index (χ0) is 11.3. The van der Waals surface area contributed by atoms with Gasteiger partial charge >= 0.3 is 11.9 Å². The van der Waals surface area contributed by atoms with Crippen molar-refractivity contribution in [3.05, 3.63) is 0 Å². The molecule has 5 nitrogen and oxygen atoms in total. The summed E-state index contributed by atoms with van der Waals surface area (Å²) in [5.41, 5.74) is 0. The molecule has 0 bridgehead atoms. The highest BCUT2D eigenvalue weighted by Crippen LogP contribution is 2.14. The third-order valence-electron chi connectivity index (χ3n) is 2.70. The van der Waals surface area contributed by atoms with Crippen LogP contribution in [0.15, 0.2) is 0 Å². The zero-order valence-corrected chi connectivity index (χ0v) is 8.94. The average Bonchev–Trinajstić information content (AvgIpc) is 2.26. The normalized spacial score (nSPS) is 19.5. The van der Waals surface area contributed by atoms with E-state index in [4.69, 9.17) is 5.11 Å². The van der Waals surface area contributed by atoms with Crippen LogP contribution in [0.1, 0.15) is 25.7 Å². The Balaban J connectivity index is 2.55. The molecule has 15 heavy (non-hydrogen) atoms. The lowest BCUT2D eigenvalue weighted by molar-refractivity contribution is -0.151. The summed E-state index contributed by atoms with van der Waals surface area (Å²) >= 11 is 0. The molecule has 1 aliphatic heterocycles. The van der Waals surface area contributed by atoms with E-state index in [9.17, 15) is 9.59 Å². The predicted molar refractivity (Wildman–Crippen MR) is 53.5 cm³/mol. The van der Waals surface area contributed by atoms with Crippen LogP contribution in [0.5, 0.6) is 0 Å². The summed E-state index contributed by atoms with van der Waals surface area (Å²) in [7, 11) is 1.28. The van der Waals surface area contributed by atoms with Crippen molar-refractivity contribution in [1.82, 2.24) is 4.90 Å². The van der Waals surface area contributed by atoms with Gasteiger partial charge in [0.05, 0.1) is 13.5 Å². The molecule has 0 aliphatic carbocycles. The first-order valence-electron chi connectivity index (χ1n) is 5.19. The fraction of sp³-hybridized carbons (Fsp3) is 0.800. The zero-order valence-electron chi connectivity index (χ0n) is 8.94. The summed E-state index contributed by atoms with van der Waals surface area (Å²) in [6, 6.07) is -0.724. The van der Waals surface area contributed by atoms with Gasteiger partial charge in [-0.15, -0.1) is 0 Å². The van der Waals surface area contributed by atoms with Crippen molar-refractivity contribution in [3.63, 3.8) is 0 Å². The summed E-state index contributed by atoms with van der Waals surface area (Å²) < 4.78 is 4.49. The van der Waals surface area contributed by atoms with Crippen molar-refractivity contribution in [2.45, 2.75) is 31.7 Å². The summed E-state index contributed by atoms with van der Waals surface area (Å²) in [6.45, 7) is 1.52. The number of likely N-dealkylation sites (tertiary alicyclic amines) is 1. The van der Waals surface area contributed by atoms with E-state index in [1.54, 1.807) is 0 Å². The smallest absolute Gasteiger partial charge is 0.321 e. The van der Waals surface area contributed by atoms with Crippen LogP contribution < -0.4 is 0 Å². The van der Waals surface area contributed by atoms with Crippen LogP contribution in [-0.4, -0.2) is 48.2 Å². The van der Waals surface area contributed by atoms with Gasteiger partial charge in [-0.1, -0.05) is 6.42 Å². The number of hydrogen-bond donors (Lipinski definition) is 1. The molecule has 1 saturated heterocycles. The molecule has 1 fully saturated rings. The Bertz CT molecular complexity index is 236. The monoisotopic (exact) mass is 215 g/mol. The number of aliphatic carboxylic acids is 1. The maximum Gasteiger partial charge on any atom is 0.321 e. The van der Waals surface area contributed by atoms with Gasteiger partial charge in [-0.25, -0.2) is 0 Å². The number of piperidine rings is 1. The SMILES string of the molecule is COC(=O)CC(C(=O)O)N1CCCCC1. The number of methoxy groups -OCH3 is 1. The Morgan fingerprint density at radius 3 is 2.40 bits per heavy atom. The Kier molecular flexibility index (Phi) is 4.55. The molecule has 0 aromatic rings. The van der Waals surface area contributed by atoms with E-state index in [1.807, 2.05) is 4.90 Å². The van der Waals surface area contributed by atoms with Crippen molar-refractivity contribution in [3.8, 4) is 0 Å². The van der Waals surface area contributed by atoms with Gasteiger partial charge in [-0.3, -0.25) is 14.5 Å². The van der Waals surface area contributed by atoms with Gasteiger partial charge in [0.1, 0.15) is 6.04 Å². The number of carbonyl (C=O) groups is 2. The molecule has 0 aromatic carbocycles. The van der Waals surface area contributed by atoms with Crippen LogP contribution in [0.3, 0.4) is 0 Å². The minimum Gasteiger partial charge on any atom is -0.480 e. The van der Waals surface area contributed by atoms with Gasteiger partial charge < -0.3 is 9.84 Å². The van der Waals surface area contributed by atoms with Crippen LogP contribution in [0, 0.1) is 0 Å². The van der Waals surface area contributed by atoms with E-state index in [1.165, 1.54) is 7.11 Å². The molecule has 0 spiro atoms. The van der Waals surface area contributed by atoms with Crippen LogP contribution in [0.25, 0.3) is 0 Å². The van der Waals surface area contributed by atoms with Gasteiger partial charge in [0.2, 0.25) is 0 Å². The highest BCUT2D eigenvalue weighted by molar-refractivity contribution is 5.81. The lowest BCUT2D eigenvalue weighted by atomic mass is 10.1. The number of hydrogen-bond acceptors (Lipinski definition) is 4. The van der Waals surface area contributed by atoms with E-state index in [2.05, 4.69) is 4.74 Å². The summed E-state index contributed by atoms with van der Waals surface area (Å²) in [5, 5.41) is 9.02. The number of ether oxygens (including phenoxy) is 1. The van der Waals surface area contributed by atoms with Gasteiger partial charge in [-0.2, -0.15) is 0 Å². The van der Waals surface area contributed by atoms with Gasteiger partial charge in [0.15, 0.2) is 0 Å². The Morgan fingerprint density at radius 2 is 1.93 bits per heavy atom. The first-order valence-corrected chi connectivity index (χ1v) is 5.19. The Hall–Kier alpha value is -1.10. The number of rotatable bonds is 4. The molecular weight excluding hydrogens is 198 g/mol. The predicted octanol–water partition coefficient (Wildman–Crippen LogP) is 0.489. The summed E-state index contributed by atoms with van der Waals surface area (Å²) in [4.78, 5) is 23.9. The fourth-order valence-electron chi connectivity index (χ4n) is 1.84. The lowest BCUT2D eigenvalue weighted by Gasteiger charge is -2.31. The minimum absolute atomic E-state index is 0.0637. The second-order valence-electron chi connectivity index (χ2n) is 3.73. The second-order valence-corrected chi connectivity index (χ2v) is 3.73. The van der Waals surface area contributed by atoms with Crippen molar-refractivity contribution < 1.29 is 19.4 Å². The Labute approximate surface area is 89.0 Å². The highest BCUT2D eigenvalue weighted by atomic mass is 16.5. The molecule has 1 rings (SSSR count). The molecule has 1 heterocycles. The Morgan fingerprint density at radius 1 is 1.33 bits per heavy atom. The quantitative estimate of drug-likeness (QED) is 0.691. The fourth-order valence-corrected chi connectivity index (χ4v) is 1.84. The lowest BCUT2D eigenvalue weighted by Crippen LogP contribution is -2.45. The van der Waals surface area contributed by atoms with E-state index >= 15 is 0 Å². The number of carboxylic acid groups (broad SMARTS) is 1. The first-order chi connectivity index (χ1) is 7.15. The van der Waals surface area contributed by atoms with Crippen molar-refractivity contribution in [2.75, 3.05) is 20.2 Å². The van der Waals surface area contributed by atoms with Crippen LogP contribution in [0.2, 0.25) is 0 Å². The summed E-state index contributed by atoms with van der Waals surface area (Å²) in [6.07, 6.45) is 3.09. The van der Waals surface area contributed by atoms with Crippen molar-refractivity contribution >= 4 is 11.9 Å². The van der Waals surface area contributed by atoms with Gasteiger partial charge in [0, 0.05) is 0 Å². The molecule has 0 amide bonds. The molecule has 1 atom stereocenters. The maximum atomic E-state index is 11.1. The van der Waals surface area contributed by atoms with Crippen molar-refractivity contribution in [2.24, 2.45) is 0 Å². The van der Waals surface area contributed by atoms with E-state index in [-0.39, 0.29) is 6.42 Å². The minimum atomic E-state index is -0.942. The standard InChI is InChI=1S/C10H17NO4/c1-15-9(12)7-8(10(13)14)11-5-3-2-4-6-11/h8H,2-7H2,1H3,(H,13,14). The average molecular weight is 215 g/mol. The van der Waals surface area contributed by atoms with E-state index in [0.29, 0.717) is 0 Å². The number of esters is 1. The molecule has 1 aliphatic rings. The maximum absolute atomic E-state index is 11.1. The molecule has 0 radical (unpaired) electrons. The molecule has 86 valence electrons. The number of carboxylic acids is 1. The third kappa shape index (κ3) is 3.51. The van der Waals surface area contributed by atoms with E-state index < -0.39 is 18.0 Å². The second kappa shape index (κ2) is 5.70. The van der Waals surface area contributed by atoms with Gasteiger partial charge in [-0.05, 0) is 25.9 Å². The highest BCUT2D eigenvalue weighted by Gasteiger charge is 2.29. The topological polar surface area (TPSA) is 66.8 Å². The molecule has 0 aromatic heterocycles. The molecule has 1 N–H and O–H groups in total. The number of nitrogens with zero attached hydrogens (tertiary/aromatic N) is 1. The molecule has 5 heteroatoms. The first kappa shape index (κ1) is 12.0. The molecule has 0 saturated carbocycles. The van der Waals surface area contributed by atoms with E-state index in [0.717, 1.165) is 32.4 Å². The van der Waals surface area contributed by atoms with Crippen LogP contribution in [0.4, 0.5) is 0 Å². The van der Waals surface area contributed by atoms with Crippen molar-refractivity contribution in [1.29, 1.82) is 0 Å². The molecular formula is C10H17NO4. The third-order valence-corrected chi connectivity index (χ3v) is 2.70.